The molecule has 34 heavy (non-hydrogen) atoms. The van der Waals surface area contributed by atoms with Gasteiger partial charge in [0.05, 0.1) is 0 Å². The minimum atomic E-state index is -0.840. The number of hydrogen-bond acceptors (Lipinski definition) is 4. The highest BCUT2D eigenvalue weighted by molar-refractivity contribution is 9.13. The number of carbonyl (C=O) groups is 3. The van der Waals surface area contributed by atoms with Crippen molar-refractivity contribution < 1.29 is 19.1 Å². The van der Waals surface area contributed by atoms with Gasteiger partial charge in [0.15, 0.2) is 11.9 Å². The number of ether oxygens (including phenoxy) is 1. The lowest BCUT2D eigenvalue weighted by Gasteiger charge is -2.37. The van der Waals surface area contributed by atoms with E-state index in [0.29, 0.717) is 38.9 Å². The number of para-hydroxylation sites is 1. The van der Waals surface area contributed by atoms with E-state index >= 15 is 0 Å². The monoisotopic (exact) mass is 591 g/mol. The van der Waals surface area contributed by atoms with Crippen molar-refractivity contribution in [3.63, 3.8) is 0 Å². The summed E-state index contributed by atoms with van der Waals surface area (Å²) in [5.74, 6) is -0.192. The standard InChI is InChI=1S/C25H27Br2N3O4/c1-16(31)23(15-17-6-7-20(26)21(27)14-17)34-25(33)29-11-9-19(10-12-29)30-13-8-18-4-2-3-5-22(18)28-24(30)32/h2-7,14,19,23H,8-13,15H2,1H3,(H,28,32)/t23-/m1/s1. The summed E-state index contributed by atoms with van der Waals surface area (Å²) >= 11 is 6.89. The minimum absolute atomic E-state index is 0.0575. The van der Waals surface area contributed by atoms with E-state index in [-0.39, 0.29) is 17.9 Å². The van der Waals surface area contributed by atoms with Gasteiger partial charge in [-0.3, -0.25) is 4.79 Å². The van der Waals surface area contributed by atoms with E-state index in [0.717, 1.165) is 32.2 Å². The molecular formula is C25H27Br2N3O4. The van der Waals surface area contributed by atoms with Crippen LogP contribution < -0.4 is 5.32 Å². The van der Waals surface area contributed by atoms with Crippen LogP contribution in [0.4, 0.5) is 15.3 Å². The number of likely N-dealkylation sites (tertiary alicyclic amines) is 1. The molecule has 2 aromatic carbocycles. The molecule has 0 radical (unpaired) electrons. The smallest absolute Gasteiger partial charge is 0.410 e. The van der Waals surface area contributed by atoms with Crippen molar-refractivity contribution in [2.24, 2.45) is 0 Å². The van der Waals surface area contributed by atoms with Crippen molar-refractivity contribution in [1.82, 2.24) is 9.80 Å². The lowest BCUT2D eigenvalue weighted by molar-refractivity contribution is -0.125. The number of nitrogens with zero attached hydrogens (tertiary/aromatic N) is 2. The highest BCUT2D eigenvalue weighted by atomic mass is 79.9. The molecule has 180 valence electrons. The summed E-state index contributed by atoms with van der Waals surface area (Å²) in [6.45, 7) is 3.05. The Labute approximate surface area is 216 Å². The normalized spacial score (nSPS) is 17.4. The maximum Gasteiger partial charge on any atom is 0.410 e. The quantitative estimate of drug-likeness (QED) is 0.504. The third kappa shape index (κ3) is 5.81. The van der Waals surface area contributed by atoms with Gasteiger partial charge in [-0.15, -0.1) is 0 Å². The number of hydrogen-bond donors (Lipinski definition) is 1. The van der Waals surface area contributed by atoms with E-state index in [1.165, 1.54) is 6.92 Å². The number of amides is 3. The molecule has 2 aromatic rings. The molecule has 2 heterocycles. The van der Waals surface area contributed by atoms with Gasteiger partial charge in [0, 0.05) is 46.7 Å². The number of benzene rings is 2. The number of halogens is 2. The minimum Gasteiger partial charge on any atom is -0.438 e. The fourth-order valence-corrected chi connectivity index (χ4v) is 5.12. The molecule has 2 aliphatic heterocycles. The Morgan fingerprint density at radius 2 is 1.82 bits per heavy atom. The number of ketones is 1. The number of nitrogens with one attached hydrogen (secondary N) is 1. The second-order valence-corrected chi connectivity index (χ2v) is 10.4. The Bertz CT molecular complexity index is 1090. The van der Waals surface area contributed by atoms with Gasteiger partial charge < -0.3 is 19.9 Å². The van der Waals surface area contributed by atoms with Gasteiger partial charge in [-0.05, 0) is 87.4 Å². The molecule has 0 unspecified atom stereocenters. The van der Waals surface area contributed by atoms with Crippen molar-refractivity contribution in [2.45, 2.75) is 44.8 Å². The number of urea groups is 1. The number of Topliss-reactive ketones (excluding diaryl/α,β-unsaturated/α-hetero) is 1. The van der Waals surface area contributed by atoms with Crippen LogP contribution in [0.2, 0.25) is 0 Å². The summed E-state index contributed by atoms with van der Waals surface area (Å²) in [7, 11) is 0. The van der Waals surface area contributed by atoms with Gasteiger partial charge >= 0.3 is 12.1 Å². The largest absolute Gasteiger partial charge is 0.438 e. The zero-order valence-corrected chi connectivity index (χ0v) is 22.1. The molecule has 3 amide bonds. The Morgan fingerprint density at radius 3 is 2.53 bits per heavy atom. The predicted molar refractivity (Wildman–Crippen MR) is 137 cm³/mol. The molecule has 0 aliphatic carbocycles. The first-order valence-electron chi connectivity index (χ1n) is 11.4. The van der Waals surface area contributed by atoms with Crippen molar-refractivity contribution in [1.29, 1.82) is 0 Å². The van der Waals surface area contributed by atoms with Crippen LogP contribution in [-0.2, 0) is 22.4 Å². The van der Waals surface area contributed by atoms with Crippen LogP contribution >= 0.6 is 31.9 Å². The molecule has 4 rings (SSSR count). The molecule has 9 heteroatoms. The zero-order valence-electron chi connectivity index (χ0n) is 18.9. The molecule has 0 spiro atoms. The lowest BCUT2D eigenvalue weighted by Crippen LogP contribution is -2.50. The van der Waals surface area contributed by atoms with E-state index in [9.17, 15) is 14.4 Å². The highest BCUT2D eigenvalue weighted by Gasteiger charge is 2.33. The molecule has 1 saturated heterocycles. The first-order valence-corrected chi connectivity index (χ1v) is 13.0. The molecule has 0 saturated carbocycles. The van der Waals surface area contributed by atoms with Crippen molar-refractivity contribution in [3.8, 4) is 0 Å². The number of piperidine rings is 1. The van der Waals surface area contributed by atoms with Crippen molar-refractivity contribution >= 4 is 55.5 Å². The number of anilines is 1. The summed E-state index contributed by atoms with van der Waals surface area (Å²) in [6, 6.07) is 13.5. The number of carbonyl (C=O) groups excluding carboxylic acids is 3. The Kier molecular flexibility index (Phi) is 7.93. The van der Waals surface area contributed by atoms with Crippen LogP contribution in [0.3, 0.4) is 0 Å². The van der Waals surface area contributed by atoms with E-state index in [1.54, 1.807) is 4.90 Å². The third-order valence-electron chi connectivity index (χ3n) is 6.41. The molecule has 1 fully saturated rings. The first-order chi connectivity index (χ1) is 16.3. The molecule has 0 aromatic heterocycles. The Hall–Kier alpha value is -2.39. The van der Waals surface area contributed by atoms with Gasteiger partial charge in [0.1, 0.15) is 0 Å². The summed E-state index contributed by atoms with van der Waals surface area (Å²) in [4.78, 5) is 41.3. The average molecular weight is 593 g/mol. The van der Waals surface area contributed by atoms with Crippen LogP contribution in [0.15, 0.2) is 51.4 Å². The van der Waals surface area contributed by atoms with Crippen molar-refractivity contribution in [2.75, 3.05) is 25.0 Å². The molecule has 0 bridgehead atoms. The predicted octanol–water partition coefficient (Wildman–Crippen LogP) is 5.40. The molecule has 7 nitrogen and oxygen atoms in total. The summed E-state index contributed by atoms with van der Waals surface area (Å²) in [5.41, 5.74) is 2.89. The second-order valence-electron chi connectivity index (χ2n) is 8.68. The van der Waals surface area contributed by atoms with Crippen molar-refractivity contribution in [3.05, 3.63) is 62.5 Å². The van der Waals surface area contributed by atoms with E-state index in [2.05, 4.69) is 37.2 Å². The molecule has 1 atom stereocenters. The van der Waals surface area contributed by atoms with E-state index in [1.807, 2.05) is 47.4 Å². The maximum absolute atomic E-state index is 12.8. The van der Waals surface area contributed by atoms with Crippen LogP contribution in [0.5, 0.6) is 0 Å². The SMILES string of the molecule is CC(=O)[C@@H](Cc1ccc(Br)c(Br)c1)OC(=O)N1CCC(N2CCc3ccccc3NC2=O)CC1. The van der Waals surface area contributed by atoms with Crippen LogP contribution in [0, 0.1) is 0 Å². The van der Waals surface area contributed by atoms with Crippen LogP contribution in [0.1, 0.15) is 30.9 Å². The van der Waals surface area contributed by atoms with Crippen LogP contribution in [0.25, 0.3) is 0 Å². The second kappa shape index (κ2) is 10.9. The van der Waals surface area contributed by atoms with Gasteiger partial charge in [-0.1, -0.05) is 24.3 Å². The summed E-state index contributed by atoms with van der Waals surface area (Å²) < 4.78 is 7.40. The molecule has 2 aliphatic rings. The number of fused-ring (bicyclic) bond motifs is 1. The molecular weight excluding hydrogens is 566 g/mol. The topological polar surface area (TPSA) is 79.0 Å². The fraction of sp³-hybridized carbons (Fsp3) is 0.400. The average Bonchev–Trinajstić information content (AvgIpc) is 2.99. The Morgan fingerprint density at radius 1 is 1.09 bits per heavy atom. The van der Waals surface area contributed by atoms with Gasteiger partial charge in [-0.25, -0.2) is 9.59 Å². The highest BCUT2D eigenvalue weighted by Crippen LogP contribution is 2.26. The zero-order chi connectivity index (χ0) is 24.2. The third-order valence-corrected chi connectivity index (χ3v) is 8.29. The fourth-order valence-electron chi connectivity index (χ4n) is 4.44. The molecule has 1 N–H and O–H groups in total. The summed E-state index contributed by atoms with van der Waals surface area (Å²) in [6.07, 6.45) is 1.13. The van der Waals surface area contributed by atoms with Gasteiger partial charge in [0.25, 0.3) is 0 Å². The van der Waals surface area contributed by atoms with E-state index in [4.69, 9.17) is 4.74 Å². The maximum atomic E-state index is 12.8. The van der Waals surface area contributed by atoms with Gasteiger partial charge in [0.2, 0.25) is 0 Å². The van der Waals surface area contributed by atoms with Gasteiger partial charge in [-0.2, -0.15) is 0 Å². The lowest BCUT2D eigenvalue weighted by atomic mass is 10.0. The van der Waals surface area contributed by atoms with E-state index < -0.39 is 12.2 Å². The first kappa shape index (κ1) is 24.7. The summed E-state index contributed by atoms with van der Waals surface area (Å²) in [5, 5.41) is 3.01. The number of rotatable bonds is 5. The van der Waals surface area contributed by atoms with Crippen LogP contribution in [-0.4, -0.2) is 59.5 Å². The Balaban J connectivity index is 1.32.